The standard InChI is InChI=1S/C23H18BrNO3/c24-17-8-11-21-19(12-17)20(13-22(26)27)23(25-21)16-6-9-18(10-7-16)28-14-15-4-2-1-3-5-15/h1-12,25H,13-14H2,(H,26,27). The van der Waals surface area contributed by atoms with E-state index in [1.54, 1.807) is 0 Å². The summed E-state index contributed by atoms with van der Waals surface area (Å²) in [7, 11) is 0. The predicted octanol–water partition coefficient (Wildman–Crippen LogP) is 5.80. The molecule has 0 aliphatic carbocycles. The van der Waals surface area contributed by atoms with Gasteiger partial charge in [0.2, 0.25) is 0 Å². The highest BCUT2D eigenvalue weighted by molar-refractivity contribution is 9.10. The van der Waals surface area contributed by atoms with E-state index in [9.17, 15) is 9.90 Å². The zero-order valence-electron chi connectivity index (χ0n) is 15.0. The summed E-state index contributed by atoms with van der Waals surface area (Å²) in [6.07, 6.45) is -0.0436. The van der Waals surface area contributed by atoms with Crippen LogP contribution in [0.3, 0.4) is 0 Å². The molecule has 4 rings (SSSR count). The monoisotopic (exact) mass is 435 g/mol. The van der Waals surface area contributed by atoms with Crippen LogP contribution in [0.2, 0.25) is 0 Å². The molecule has 0 bridgehead atoms. The van der Waals surface area contributed by atoms with Crippen LogP contribution in [0.15, 0.2) is 77.3 Å². The third-order valence-electron chi connectivity index (χ3n) is 4.59. The molecule has 0 atom stereocenters. The minimum atomic E-state index is -0.857. The summed E-state index contributed by atoms with van der Waals surface area (Å²) in [6.45, 7) is 0.505. The maximum Gasteiger partial charge on any atom is 0.307 e. The summed E-state index contributed by atoms with van der Waals surface area (Å²) >= 11 is 3.47. The van der Waals surface area contributed by atoms with Gasteiger partial charge in [0.1, 0.15) is 12.4 Å². The summed E-state index contributed by atoms with van der Waals surface area (Å²) in [4.78, 5) is 14.8. The lowest BCUT2D eigenvalue weighted by molar-refractivity contribution is -0.136. The topological polar surface area (TPSA) is 62.3 Å². The summed E-state index contributed by atoms with van der Waals surface area (Å²) in [5, 5.41) is 10.3. The molecule has 0 amide bonds. The molecule has 0 unspecified atom stereocenters. The number of rotatable bonds is 6. The Kier molecular flexibility index (Phi) is 5.17. The lowest BCUT2D eigenvalue weighted by atomic mass is 10.0. The Morgan fingerprint density at radius 1 is 1.00 bits per heavy atom. The molecule has 1 aromatic heterocycles. The highest BCUT2D eigenvalue weighted by Crippen LogP contribution is 2.33. The molecule has 0 fully saturated rings. The van der Waals surface area contributed by atoms with E-state index in [1.807, 2.05) is 72.8 Å². The summed E-state index contributed by atoms with van der Waals surface area (Å²) in [5.74, 6) is -0.0869. The van der Waals surface area contributed by atoms with Crippen molar-refractivity contribution in [3.05, 3.63) is 88.4 Å². The molecule has 4 aromatic rings. The fraction of sp³-hybridized carbons (Fsp3) is 0.0870. The first-order chi connectivity index (χ1) is 13.6. The van der Waals surface area contributed by atoms with Gasteiger partial charge >= 0.3 is 5.97 Å². The van der Waals surface area contributed by atoms with Gasteiger partial charge in [-0.3, -0.25) is 4.79 Å². The number of hydrogen-bond acceptors (Lipinski definition) is 2. The van der Waals surface area contributed by atoms with Gasteiger partial charge in [0.15, 0.2) is 0 Å². The zero-order chi connectivity index (χ0) is 19.5. The molecular formula is C23H18BrNO3. The van der Waals surface area contributed by atoms with Crippen molar-refractivity contribution in [2.75, 3.05) is 0 Å². The van der Waals surface area contributed by atoms with E-state index in [-0.39, 0.29) is 6.42 Å². The van der Waals surface area contributed by atoms with Gasteiger partial charge < -0.3 is 14.8 Å². The van der Waals surface area contributed by atoms with Crippen molar-refractivity contribution in [2.45, 2.75) is 13.0 Å². The largest absolute Gasteiger partial charge is 0.489 e. The van der Waals surface area contributed by atoms with Gasteiger partial charge in [-0.15, -0.1) is 0 Å². The molecule has 0 saturated carbocycles. The van der Waals surface area contributed by atoms with Gasteiger partial charge in [-0.2, -0.15) is 0 Å². The number of carboxylic acid groups (broad SMARTS) is 1. The molecule has 5 heteroatoms. The zero-order valence-corrected chi connectivity index (χ0v) is 16.6. The van der Waals surface area contributed by atoms with E-state index in [0.717, 1.165) is 43.5 Å². The maximum atomic E-state index is 11.4. The number of ether oxygens (including phenoxy) is 1. The number of carbonyl (C=O) groups is 1. The highest BCUT2D eigenvalue weighted by Gasteiger charge is 2.16. The molecule has 0 aliphatic heterocycles. The normalized spacial score (nSPS) is 10.9. The molecule has 0 radical (unpaired) electrons. The molecule has 140 valence electrons. The SMILES string of the molecule is O=C(O)Cc1c(-c2ccc(OCc3ccccc3)cc2)[nH]c2ccc(Br)cc12. The predicted molar refractivity (Wildman–Crippen MR) is 114 cm³/mol. The van der Waals surface area contributed by atoms with Gasteiger partial charge in [-0.05, 0) is 59.2 Å². The number of aliphatic carboxylic acids is 1. The van der Waals surface area contributed by atoms with Crippen molar-refractivity contribution in [3.8, 4) is 17.0 Å². The Labute approximate surface area is 170 Å². The molecule has 28 heavy (non-hydrogen) atoms. The lowest BCUT2D eigenvalue weighted by Crippen LogP contribution is -2.01. The fourth-order valence-corrected chi connectivity index (χ4v) is 3.62. The van der Waals surface area contributed by atoms with E-state index >= 15 is 0 Å². The smallest absolute Gasteiger partial charge is 0.307 e. The molecule has 0 saturated heterocycles. The Hall–Kier alpha value is -3.05. The van der Waals surface area contributed by atoms with Crippen LogP contribution >= 0.6 is 15.9 Å². The highest BCUT2D eigenvalue weighted by atomic mass is 79.9. The summed E-state index contributed by atoms with van der Waals surface area (Å²) < 4.78 is 6.76. The first-order valence-electron chi connectivity index (χ1n) is 8.89. The van der Waals surface area contributed by atoms with Crippen LogP contribution in [0.1, 0.15) is 11.1 Å². The van der Waals surface area contributed by atoms with Crippen molar-refractivity contribution in [3.63, 3.8) is 0 Å². The Bertz CT molecular complexity index is 1120. The second-order valence-corrected chi connectivity index (χ2v) is 7.45. The second-order valence-electron chi connectivity index (χ2n) is 6.54. The van der Waals surface area contributed by atoms with Crippen molar-refractivity contribution in [1.29, 1.82) is 0 Å². The number of hydrogen-bond donors (Lipinski definition) is 2. The molecule has 1 heterocycles. The van der Waals surface area contributed by atoms with E-state index in [2.05, 4.69) is 20.9 Å². The van der Waals surface area contributed by atoms with Gasteiger partial charge in [0, 0.05) is 15.4 Å². The van der Waals surface area contributed by atoms with Crippen LogP contribution in [-0.2, 0) is 17.8 Å². The quantitative estimate of drug-likeness (QED) is 0.401. The molecule has 2 N–H and O–H groups in total. The number of fused-ring (bicyclic) bond motifs is 1. The lowest BCUT2D eigenvalue weighted by Gasteiger charge is -2.08. The van der Waals surface area contributed by atoms with E-state index in [4.69, 9.17) is 4.74 Å². The van der Waals surface area contributed by atoms with Crippen LogP contribution in [0, 0.1) is 0 Å². The first kappa shape index (κ1) is 18.3. The number of carboxylic acids is 1. The number of aromatic nitrogens is 1. The minimum absolute atomic E-state index is 0.0436. The third-order valence-corrected chi connectivity index (χ3v) is 5.08. The molecule has 0 aliphatic rings. The van der Waals surface area contributed by atoms with Crippen molar-refractivity contribution >= 4 is 32.8 Å². The van der Waals surface area contributed by atoms with Crippen LogP contribution in [-0.4, -0.2) is 16.1 Å². The molecule has 3 aromatic carbocycles. The number of benzene rings is 3. The third kappa shape index (κ3) is 3.94. The molecule has 0 spiro atoms. The van der Waals surface area contributed by atoms with E-state index in [0.29, 0.717) is 6.61 Å². The van der Waals surface area contributed by atoms with Crippen LogP contribution < -0.4 is 4.74 Å². The number of aromatic amines is 1. The Morgan fingerprint density at radius 2 is 1.75 bits per heavy atom. The summed E-state index contributed by atoms with van der Waals surface area (Å²) in [5.41, 5.74) is 4.55. The number of H-pyrrole nitrogens is 1. The average Bonchev–Trinajstić information content (AvgIpc) is 3.05. The van der Waals surface area contributed by atoms with Crippen LogP contribution in [0.25, 0.3) is 22.2 Å². The van der Waals surface area contributed by atoms with Crippen molar-refractivity contribution < 1.29 is 14.6 Å². The van der Waals surface area contributed by atoms with Crippen LogP contribution in [0.5, 0.6) is 5.75 Å². The van der Waals surface area contributed by atoms with E-state index < -0.39 is 5.97 Å². The number of halogens is 1. The second kappa shape index (κ2) is 7.90. The Morgan fingerprint density at radius 3 is 2.46 bits per heavy atom. The van der Waals surface area contributed by atoms with Gasteiger partial charge in [0.25, 0.3) is 0 Å². The minimum Gasteiger partial charge on any atom is -0.489 e. The van der Waals surface area contributed by atoms with Gasteiger partial charge in [0.05, 0.1) is 12.1 Å². The van der Waals surface area contributed by atoms with Crippen LogP contribution in [0.4, 0.5) is 0 Å². The molecular weight excluding hydrogens is 418 g/mol. The van der Waals surface area contributed by atoms with Crippen molar-refractivity contribution in [2.24, 2.45) is 0 Å². The molecule has 4 nitrogen and oxygen atoms in total. The fourth-order valence-electron chi connectivity index (χ4n) is 3.26. The number of nitrogens with one attached hydrogen (secondary N) is 1. The van der Waals surface area contributed by atoms with Crippen molar-refractivity contribution in [1.82, 2.24) is 4.98 Å². The first-order valence-corrected chi connectivity index (χ1v) is 9.68. The average molecular weight is 436 g/mol. The summed E-state index contributed by atoms with van der Waals surface area (Å²) in [6, 6.07) is 23.5. The van der Waals surface area contributed by atoms with Gasteiger partial charge in [-0.1, -0.05) is 46.3 Å². The Balaban J connectivity index is 1.63. The van der Waals surface area contributed by atoms with Gasteiger partial charge in [-0.25, -0.2) is 0 Å². The van der Waals surface area contributed by atoms with E-state index in [1.165, 1.54) is 0 Å². The maximum absolute atomic E-state index is 11.4.